The first-order valence-electron chi connectivity index (χ1n) is 10.3. The second kappa shape index (κ2) is 7.93. The van der Waals surface area contributed by atoms with Gasteiger partial charge in [0.05, 0.1) is 7.11 Å². The number of rotatable bonds is 4. The molecule has 1 aromatic heterocycles. The average molecular weight is 388 g/mol. The van der Waals surface area contributed by atoms with Crippen molar-refractivity contribution in [2.75, 3.05) is 25.1 Å². The van der Waals surface area contributed by atoms with E-state index in [-0.39, 0.29) is 17.9 Å². The molecule has 0 spiro atoms. The summed E-state index contributed by atoms with van der Waals surface area (Å²) in [4.78, 5) is 37.6. The SMILES string of the molecule is COc1ccnc(N2CCC(C(=O)N3[C@H](C(=O)O)C[C@H]4CCCC[C@@H]43)CC2)n1. The Hall–Kier alpha value is -2.38. The van der Waals surface area contributed by atoms with E-state index in [0.29, 0.717) is 50.1 Å². The molecule has 8 heteroatoms. The molecule has 2 aliphatic heterocycles. The first-order chi connectivity index (χ1) is 13.6. The monoisotopic (exact) mass is 388 g/mol. The number of likely N-dealkylation sites (tertiary alicyclic amines) is 1. The van der Waals surface area contributed by atoms with Crippen LogP contribution in [0.1, 0.15) is 44.9 Å². The highest BCUT2D eigenvalue weighted by Gasteiger charge is 2.49. The highest BCUT2D eigenvalue weighted by molar-refractivity contribution is 5.86. The molecule has 152 valence electrons. The minimum atomic E-state index is -0.857. The number of amides is 1. The van der Waals surface area contributed by atoms with Gasteiger partial charge in [-0.15, -0.1) is 0 Å². The molecule has 8 nitrogen and oxygen atoms in total. The lowest BCUT2D eigenvalue weighted by atomic mass is 9.84. The van der Waals surface area contributed by atoms with Crippen LogP contribution < -0.4 is 9.64 Å². The second-order valence-electron chi connectivity index (χ2n) is 8.11. The van der Waals surface area contributed by atoms with E-state index in [4.69, 9.17) is 4.74 Å². The number of nitrogens with zero attached hydrogens (tertiary/aromatic N) is 4. The normalized spacial score (nSPS) is 28.1. The quantitative estimate of drug-likeness (QED) is 0.842. The van der Waals surface area contributed by atoms with E-state index in [1.807, 2.05) is 0 Å². The van der Waals surface area contributed by atoms with Crippen molar-refractivity contribution in [2.24, 2.45) is 11.8 Å². The van der Waals surface area contributed by atoms with Gasteiger partial charge in [0.15, 0.2) is 0 Å². The largest absolute Gasteiger partial charge is 0.481 e. The molecule has 4 rings (SSSR count). The molecular weight excluding hydrogens is 360 g/mol. The molecule has 1 aromatic rings. The van der Waals surface area contributed by atoms with Gasteiger partial charge in [-0.25, -0.2) is 9.78 Å². The molecule has 0 radical (unpaired) electrons. The Morgan fingerprint density at radius 1 is 1.18 bits per heavy atom. The minimum Gasteiger partial charge on any atom is -0.481 e. The van der Waals surface area contributed by atoms with Gasteiger partial charge in [-0.05, 0) is 38.0 Å². The van der Waals surface area contributed by atoms with Crippen molar-refractivity contribution in [3.63, 3.8) is 0 Å². The summed E-state index contributed by atoms with van der Waals surface area (Å²) in [6.45, 7) is 1.37. The van der Waals surface area contributed by atoms with Gasteiger partial charge in [0, 0.05) is 37.3 Å². The van der Waals surface area contributed by atoms with Crippen molar-refractivity contribution in [3.05, 3.63) is 12.3 Å². The van der Waals surface area contributed by atoms with Crippen LogP contribution in [0.25, 0.3) is 0 Å². The number of fused-ring (bicyclic) bond motifs is 1. The Labute approximate surface area is 164 Å². The molecule has 2 saturated heterocycles. The van der Waals surface area contributed by atoms with Gasteiger partial charge in [0.2, 0.25) is 17.7 Å². The summed E-state index contributed by atoms with van der Waals surface area (Å²) in [5.41, 5.74) is 0. The molecule has 1 saturated carbocycles. The number of carboxylic acids is 1. The van der Waals surface area contributed by atoms with Crippen LogP contribution >= 0.6 is 0 Å². The third-order valence-corrected chi connectivity index (χ3v) is 6.58. The molecule has 0 bridgehead atoms. The zero-order valence-corrected chi connectivity index (χ0v) is 16.3. The maximum atomic E-state index is 13.3. The number of aliphatic carboxylic acids is 1. The van der Waals surface area contributed by atoms with Crippen molar-refractivity contribution in [1.82, 2.24) is 14.9 Å². The first-order valence-corrected chi connectivity index (χ1v) is 10.3. The van der Waals surface area contributed by atoms with E-state index < -0.39 is 12.0 Å². The lowest BCUT2D eigenvalue weighted by Gasteiger charge is -2.38. The molecule has 0 aromatic carbocycles. The smallest absolute Gasteiger partial charge is 0.326 e. The van der Waals surface area contributed by atoms with Crippen LogP contribution in [0.2, 0.25) is 0 Å². The third-order valence-electron chi connectivity index (χ3n) is 6.58. The van der Waals surface area contributed by atoms with Crippen molar-refractivity contribution >= 4 is 17.8 Å². The van der Waals surface area contributed by atoms with Crippen LogP contribution in [0.5, 0.6) is 5.88 Å². The van der Waals surface area contributed by atoms with Crippen LogP contribution in [-0.2, 0) is 9.59 Å². The Morgan fingerprint density at radius 3 is 2.64 bits per heavy atom. The predicted molar refractivity (Wildman–Crippen MR) is 102 cm³/mol. The van der Waals surface area contributed by atoms with E-state index in [2.05, 4.69) is 14.9 Å². The number of hydrogen-bond donors (Lipinski definition) is 1. The number of anilines is 1. The number of aromatic nitrogens is 2. The molecule has 1 amide bonds. The molecular formula is C20H28N4O4. The van der Waals surface area contributed by atoms with Gasteiger partial charge in [0.1, 0.15) is 6.04 Å². The van der Waals surface area contributed by atoms with Crippen LogP contribution in [-0.4, -0.2) is 64.1 Å². The predicted octanol–water partition coefficient (Wildman–Crippen LogP) is 1.95. The summed E-state index contributed by atoms with van der Waals surface area (Å²) < 4.78 is 5.16. The van der Waals surface area contributed by atoms with Gasteiger partial charge in [0.25, 0.3) is 0 Å². The summed E-state index contributed by atoms with van der Waals surface area (Å²) in [5, 5.41) is 9.69. The fraction of sp³-hybridized carbons (Fsp3) is 0.700. The van der Waals surface area contributed by atoms with Crippen molar-refractivity contribution < 1.29 is 19.4 Å². The van der Waals surface area contributed by atoms with Crippen molar-refractivity contribution in [1.29, 1.82) is 0 Å². The maximum Gasteiger partial charge on any atom is 0.326 e. The molecule has 3 fully saturated rings. The van der Waals surface area contributed by atoms with Gasteiger partial charge in [-0.1, -0.05) is 12.8 Å². The van der Waals surface area contributed by atoms with Crippen LogP contribution in [0.4, 0.5) is 5.95 Å². The Kier molecular flexibility index (Phi) is 5.37. The highest BCUT2D eigenvalue weighted by atomic mass is 16.5. The van der Waals surface area contributed by atoms with Crippen molar-refractivity contribution in [3.8, 4) is 5.88 Å². The van der Waals surface area contributed by atoms with Gasteiger partial charge >= 0.3 is 5.97 Å². The summed E-state index contributed by atoms with van der Waals surface area (Å²) in [6, 6.07) is 1.17. The zero-order valence-electron chi connectivity index (χ0n) is 16.3. The molecule has 3 atom stereocenters. The first kappa shape index (κ1) is 19.0. The summed E-state index contributed by atoms with van der Waals surface area (Å²) in [6.07, 6.45) is 7.89. The fourth-order valence-electron chi connectivity index (χ4n) is 5.13. The van der Waals surface area contributed by atoms with E-state index in [9.17, 15) is 14.7 Å². The standard InChI is InChI=1S/C20H28N4O4/c1-28-17-6-9-21-20(22-17)23-10-7-13(8-11-23)18(25)24-15-5-3-2-4-14(15)12-16(24)19(26)27/h6,9,13-16H,2-5,7-8,10-12H2,1H3,(H,26,27)/t14-,15+,16+/m1/s1. The average Bonchev–Trinajstić information content (AvgIpc) is 3.13. The number of piperidine rings is 1. The molecule has 1 N–H and O–H groups in total. The topological polar surface area (TPSA) is 95.9 Å². The van der Waals surface area contributed by atoms with Crippen LogP contribution in [0.3, 0.4) is 0 Å². The third kappa shape index (κ3) is 3.52. The van der Waals surface area contributed by atoms with Gasteiger partial charge in [-0.3, -0.25) is 4.79 Å². The summed E-state index contributed by atoms with van der Waals surface area (Å²) >= 11 is 0. The lowest BCUT2D eigenvalue weighted by Crippen LogP contribution is -2.50. The second-order valence-corrected chi connectivity index (χ2v) is 8.11. The number of ether oxygens (including phenoxy) is 1. The molecule has 3 heterocycles. The zero-order chi connectivity index (χ0) is 19.7. The van der Waals surface area contributed by atoms with Gasteiger partial charge < -0.3 is 19.6 Å². The molecule has 28 heavy (non-hydrogen) atoms. The molecule has 1 aliphatic carbocycles. The summed E-state index contributed by atoms with van der Waals surface area (Å²) in [7, 11) is 1.57. The van der Waals surface area contributed by atoms with E-state index in [1.54, 1.807) is 24.3 Å². The lowest BCUT2D eigenvalue weighted by molar-refractivity contribution is -0.152. The van der Waals surface area contributed by atoms with E-state index in [1.165, 1.54) is 0 Å². The van der Waals surface area contributed by atoms with Crippen molar-refractivity contribution in [2.45, 2.75) is 57.0 Å². The molecule has 3 aliphatic rings. The summed E-state index contributed by atoms with van der Waals surface area (Å²) in [5.74, 6) is 0.543. The number of carboxylic acid groups (broad SMARTS) is 1. The maximum absolute atomic E-state index is 13.3. The number of carbonyl (C=O) groups excluding carboxylic acids is 1. The van der Waals surface area contributed by atoms with Gasteiger partial charge in [-0.2, -0.15) is 4.98 Å². The minimum absolute atomic E-state index is 0.0352. The fourth-order valence-corrected chi connectivity index (χ4v) is 5.13. The number of methoxy groups -OCH3 is 1. The Bertz CT molecular complexity index is 735. The number of hydrogen-bond acceptors (Lipinski definition) is 6. The highest BCUT2D eigenvalue weighted by Crippen LogP contribution is 2.41. The van der Waals surface area contributed by atoms with Crippen LogP contribution in [0.15, 0.2) is 12.3 Å². The molecule has 0 unspecified atom stereocenters. The Morgan fingerprint density at radius 2 is 1.93 bits per heavy atom. The van der Waals surface area contributed by atoms with E-state index >= 15 is 0 Å². The van der Waals surface area contributed by atoms with Crippen LogP contribution in [0, 0.1) is 11.8 Å². The Balaban J connectivity index is 1.43. The number of carbonyl (C=O) groups is 2. The van der Waals surface area contributed by atoms with E-state index in [0.717, 1.165) is 25.7 Å².